The fourth-order valence-corrected chi connectivity index (χ4v) is 0.516. The van der Waals surface area contributed by atoms with Gasteiger partial charge in [0.15, 0.2) is 0 Å². The third kappa shape index (κ3) is 5.80. The van der Waals surface area contributed by atoms with E-state index in [-0.39, 0.29) is 6.10 Å². The van der Waals surface area contributed by atoms with Gasteiger partial charge in [-0.1, -0.05) is 20.8 Å². The molecule has 0 radical (unpaired) electrons. The van der Waals surface area contributed by atoms with Gasteiger partial charge < -0.3 is 10.4 Å². The average molecular weight is 131 g/mol. The molecule has 56 valence electrons. The van der Waals surface area contributed by atoms with Crippen LogP contribution in [0.15, 0.2) is 0 Å². The van der Waals surface area contributed by atoms with Gasteiger partial charge in [0.25, 0.3) is 0 Å². The highest BCUT2D eigenvalue weighted by molar-refractivity contribution is 4.58. The van der Waals surface area contributed by atoms with Gasteiger partial charge in [0.1, 0.15) is 0 Å². The van der Waals surface area contributed by atoms with Crippen molar-refractivity contribution in [1.29, 1.82) is 0 Å². The summed E-state index contributed by atoms with van der Waals surface area (Å²) in [6, 6.07) is 0.478. The molecule has 1 unspecified atom stereocenters. The molecule has 0 saturated carbocycles. The molecule has 0 fully saturated rings. The maximum absolute atomic E-state index is 9.04. The van der Waals surface area contributed by atoms with Crippen molar-refractivity contribution in [3.63, 3.8) is 0 Å². The Bertz CT molecular complexity index is 63.9. The second kappa shape index (κ2) is 4.77. The number of nitrogens with one attached hydrogen (secondary N) is 1. The Balaban J connectivity index is 3.06. The minimum Gasteiger partial charge on any atom is -0.392 e. The molecule has 0 rings (SSSR count). The van der Waals surface area contributed by atoms with Crippen LogP contribution in [0.25, 0.3) is 0 Å². The van der Waals surface area contributed by atoms with Gasteiger partial charge in [0.2, 0.25) is 0 Å². The van der Waals surface area contributed by atoms with E-state index in [1.54, 1.807) is 0 Å². The van der Waals surface area contributed by atoms with Crippen LogP contribution in [0.3, 0.4) is 0 Å². The summed E-state index contributed by atoms with van der Waals surface area (Å²) in [6.45, 7) is 6.84. The molecular formula is C7H17NO. The highest BCUT2D eigenvalue weighted by Crippen LogP contribution is 1.87. The normalized spacial score (nSPS) is 14.3. The Kier molecular flexibility index (Phi) is 4.72. The number of hydrogen-bond acceptors (Lipinski definition) is 2. The Morgan fingerprint density at radius 1 is 1.44 bits per heavy atom. The van der Waals surface area contributed by atoms with E-state index in [9.17, 15) is 0 Å². The predicted octanol–water partition coefficient (Wildman–Crippen LogP) is 0.755. The van der Waals surface area contributed by atoms with E-state index in [0.29, 0.717) is 12.6 Å². The zero-order valence-corrected chi connectivity index (χ0v) is 6.52. The van der Waals surface area contributed by atoms with Gasteiger partial charge in [0, 0.05) is 12.6 Å². The minimum absolute atomic E-state index is 0.174. The Labute approximate surface area is 57.3 Å². The molecule has 0 aliphatic heterocycles. The zero-order chi connectivity index (χ0) is 7.28. The molecule has 0 aromatic heterocycles. The van der Waals surface area contributed by atoms with Gasteiger partial charge in [-0.25, -0.2) is 0 Å². The van der Waals surface area contributed by atoms with Crippen LogP contribution in [0.4, 0.5) is 0 Å². The smallest absolute Gasteiger partial charge is 0.0662 e. The molecule has 2 N–H and O–H groups in total. The molecule has 0 bridgehead atoms. The fraction of sp³-hybridized carbons (Fsp3) is 1.00. The summed E-state index contributed by atoms with van der Waals surface area (Å²) < 4.78 is 0. The van der Waals surface area contributed by atoms with Crippen LogP contribution in [-0.4, -0.2) is 23.8 Å². The average Bonchev–Trinajstić information content (AvgIpc) is 1.83. The van der Waals surface area contributed by atoms with Gasteiger partial charge in [-0.3, -0.25) is 0 Å². The van der Waals surface area contributed by atoms with Crippen molar-refractivity contribution in [3.8, 4) is 0 Å². The van der Waals surface area contributed by atoms with Gasteiger partial charge in [-0.2, -0.15) is 0 Å². The Hall–Kier alpha value is -0.0800. The standard InChI is InChI=1S/C7H17NO/c1-4-7(9)5-8-6(2)3/h6-9H,4-5H2,1-3H3. The van der Waals surface area contributed by atoms with Crippen LogP contribution in [0.5, 0.6) is 0 Å². The maximum Gasteiger partial charge on any atom is 0.0662 e. The second-order valence-corrected chi connectivity index (χ2v) is 2.63. The Morgan fingerprint density at radius 2 is 2.00 bits per heavy atom. The van der Waals surface area contributed by atoms with Gasteiger partial charge in [0.05, 0.1) is 6.10 Å². The van der Waals surface area contributed by atoms with E-state index in [0.717, 1.165) is 6.42 Å². The summed E-state index contributed by atoms with van der Waals surface area (Å²) >= 11 is 0. The molecule has 2 heteroatoms. The highest BCUT2D eigenvalue weighted by Gasteiger charge is 1.99. The van der Waals surface area contributed by atoms with Crippen LogP contribution in [-0.2, 0) is 0 Å². The lowest BCUT2D eigenvalue weighted by Gasteiger charge is -2.11. The van der Waals surface area contributed by atoms with Crippen molar-refractivity contribution < 1.29 is 5.11 Å². The van der Waals surface area contributed by atoms with Crippen LogP contribution in [0.2, 0.25) is 0 Å². The van der Waals surface area contributed by atoms with Crippen LogP contribution in [0.1, 0.15) is 27.2 Å². The molecule has 9 heavy (non-hydrogen) atoms. The molecule has 0 spiro atoms. The maximum atomic E-state index is 9.04. The summed E-state index contributed by atoms with van der Waals surface area (Å²) in [5, 5.41) is 12.2. The minimum atomic E-state index is -0.174. The third-order valence-corrected chi connectivity index (χ3v) is 1.23. The van der Waals surface area contributed by atoms with Crippen molar-refractivity contribution in [3.05, 3.63) is 0 Å². The van der Waals surface area contributed by atoms with Crippen molar-refractivity contribution >= 4 is 0 Å². The van der Waals surface area contributed by atoms with E-state index >= 15 is 0 Å². The molecule has 0 saturated heterocycles. The molecule has 0 amide bonds. The van der Waals surface area contributed by atoms with E-state index in [1.165, 1.54) is 0 Å². The van der Waals surface area contributed by atoms with Crippen molar-refractivity contribution in [1.82, 2.24) is 5.32 Å². The van der Waals surface area contributed by atoms with Crippen molar-refractivity contribution in [2.45, 2.75) is 39.3 Å². The summed E-state index contributed by atoms with van der Waals surface area (Å²) in [4.78, 5) is 0. The first-order valence-electron chi connectivity index (χ1n) is 3.58. The first-order valence-corrected chi connectivity index (χ1v) is 3.58. The monoisotopic (exact) mass is 131 g/mol. The second-order valence-electron chi connectivity index (χ2n) is 2.63. The molecule has 0 heterocycles. The van der Waals surface area contributed by atoms with E-state index < -0.39 is 0 Å². The number of rotatable bonds is 4. The molecule has 0 aromatic carbocycles. The summed E-state index contributed by atoms with van der Waals surface area (Å²) in [5.41, 5.74) is 0. The highest BCUT2D eigenvalue weighted by atomic mass is 16.3. The molecule has 2 nitrogen and oxygen atoms in total. The van der Waals surface area contributed by atoms with Crippen molar-refractivity contribution in [2.75, 3.05) is 6.54 Å². The zero-order valence-electron chi connectivity index (χ0n) is 6.52. The predicted molar refractivity (Wildman–Crippen MR) is 39.4 cm³/mol. The van der Waals surface area contributed by atoms with Crippen LogP contribution >= 0.6 is 0 Å². The van der Waals surface area contributed by atoms with E-state index in [4.69, 9.17) is 5.11 Å². The first kappa shape index (κ1) is 8.92. The molecule has 0 aliphatic rings. The fourth-order valence-electron chi connectivity index (χ4n) is 0.516. The lowest BCUT2D eigenvalue weighted by molar-refractivity contribution is 0.164. The summed E-state index contributed by atoms with van der Waals surface area (Å²) in [6.07, 6.45) is 0.659. The molecule has 0 aromatic rings. The van der Waals surface area contributed by atoms with Gasteiger partial charge >= 0.3 is 0 Å². The van der Waals surface area contributed by atoms with Gasteiger partial charge in [-0.05, 0) is 6.42 Å². The quantitative estimate of drug-likeness (QED) is 0.590. The first-order chi connectivity index (χ1) is 4.16. The van der Waals surface area contributed by atoms with Crippen molar-refractivity contribution in [2.24, 2.45) is 0 Å². The summed E-state index contributed by atoms with van der Waals surface area (Å²) in [7, 11) is 0. The van der Waals surface area contributed by atoms with E-state index in [1.807, 2.05) is 6.92 Å². The van der Waals surface area contributed by atoms with E-state index in [2.05, 4.69) is 19.2 Å². The van der Waals surface area contributed by atoms with Gasteiger partial charge in [-0.15, -0.1) is 0 Å². The topological polar surface area (TPSA) is 32.3 Å². The Morgan fingerprint density at radius 3 is 2.33 bits per heavy atom. The lowest BCUT2D eigenvalue weighted by Crippen LogP contribution is -2.31. The van der Waals surface area contributed by atoms with Crippen LogP contribution in [0, 0.1) is 0 Å². The molecular weight excluding hydrogens is 114 g/mol. The SMILES string of the molecule is CCC(O)CNC(C)C. The number of aliphatic hydroxyl groups excluding tert-OH is 1. The third-order valence-electron chi connectivity index (χ3n) is 1.23. The molecule has 0 aliphatic carbocycles. The molecule has 1 atom stereocenters. The number of aliphatic hydroxyl groups is 1. The number of hydrogen-bond donors (Lipinski definition) is 2. The lowest BCUT2D eigenvalue weighted by atomic mass is 10.2. The summed E-state index contributed by atoms with van der Waals surface area (Å²) in [5.74, 6) is 0. The largest absolute Gasteiger partial charge is 0.392 e. The van der Waals surface area contributed by atoms with Crippen LogP contribution < -0.4 is 5.32 Å².